The number of para-hydroxylation sites is 1. The lowest BCUT2D eigenvalue weighted by atomic mass is 10.2. The molecule has 0 radical (unpaired) electrons. The molecular weight excluding hydrogens is 316 g/mol. The summed E-state index contributed by atoms with van der Waals surface area (Å²) in [5.41, 5.74) is 1.85. The van der Waals surface area contributed by atoms with Crippen LogP contribution in [-0.4, -0.2) is 33.3 Å². The van der Waals surface area contributed by atoms with Gasteiger partial charge < -0.3 is 14.4 Å². The summed E-state index contributed by atoms with van der Waals surface area (Å²) in [6, 6.07) is 5.75. The molecule has 1 aliphatic rings. The van der Waals surface area contributed by atoms with Crippen molar-refractivity contribution in [3.63, 3.8) is 0 Å². The number of carboxylic acid groups (broad SMARTS) is 1. The van der Waals surface area contributed by atoms with Crippen LogP contribution >= 0.6 is 11.6 Å². The van der Waals surface area contributed by atoms with Crippen molar-refractivity contribution in [1.29, 1.82) is 0 Å². The van der Waals surface area contributed by atoms with Gasteiger partial charge in [-0.15, -0.1) is 0 Å². The van der Waals surface area contributed by atoms with Crippen LogP contribution in [0.1, 0.15) is 37.9 Å². The molecule has 0 amide bonds. The molecule has 124 valence electrons. The topological polar surface area (TPSA) is 64.3 Å². The number of aromatic nitrogens is 2. The molecule has 1 atom stereocenters. The highest BCUT2D eigenvalue weighted by atomic mass is 35.5. The first-order valence-electron chi connectivity index (χ1n) is 8.12. The average Bonchev–Trinajstić information content (AvgIpc) is 3.13. The third-order valence-corrected chi connectivity index (χ3v) is 4.55. The zero-order valence-corrected chi connectivity index (χ0v) is 13.8. The van der Waals surface area contributed by atoms with Crippen LogP contribution in [0.3, 0.4) is 0 Å². The molecule has 1 saturated heterocycles. The monoisotopic (exact) mass is 336 g/mol. The quantitative estimate of drug-likeness (QED) is 0.783. The molecule has 0 bridgehead atoms. The number of rotatable bonds is 7. The van der Waals surface area contributed by atoms with Crippen molar-refractivity contribution in [2.75, 3.05) is 6.61 Å². The summed E-state index contributed by atoms with van der Waals surface area (Å²) in [4.78, 5) is 15.3. The summed E-state index contributed by atoms with van der Waals surface area (Å²) in [6.45, 7) is 1.58. The Balaban J connectivity index is 1.82. The molecule has 5 nitrogen and oxygen atoms in total. The largest absolute Gasteiger partial charge is 0.481 e. The van der Waals surface area contributed by atoms with Gasteiger partial charge in [-0.1, -0.05) is 17.7 Å². The Labute approximate surface area is 140 Å². The fourth-order valence-corrected chi connectivity index (χ4v) is 3.40. The summed E-state index contributed by atoms with van der Waals surface area (Å²) < 4.78 is 7.92. The zero-order chi connectivity index (χ0) is 16.2. The number of fused-ring (bicyclic) bond motifs is 1. The highest BCUT2D eigenvalue weighted by Crippen LogP contribution is 2.27. The van der Waals surface area contributed by atoms with E-state index in [1.807, 2.05) is 18.2 Å². The molecule has 23 heavy (non-hydrogen) atoms. The molecular formula is C17H21ClN2O3. The lowest BCUT2D eigenvalue weighted by Gasteiger charge is -2.14. The third-order valence-electron chi connectivity index (χ3n) is 4.25. The van der Waals surface area contributed by atoms with Crippen LogP contribution in [0, 0.1) is 0 Å². The number of hydrogen-bond donors (Lipinski definition) is 1. The van der Waals surface area contributed by atoms with E-state index in [2.05, 4.69) is 4.57 Å². The lowest BCUT2D eigenvalue weighted by molar-refractivity contribution is -0.137. The number of hydrogen-bond acceptors (Lipinski definition) is 3. The van der Waals surface area contributed by atoms with Crippen molar-refractivity contribution in [2.45, 2.75) is 51.2 Å². The van der Waals surface area contributed by atoms with E-state index in [4.69, 9.17) is 26.4 Å². The number of benzene rings is 1. The minimum Gasteiger partial charge on any atom is -0.481 e. The normalized spacial score (nSPS) is 17.9. The highest BCUT2D eigenvalue weighted by Gasteiger charge is 2.20. The smallest absolute Gasteiger partial charge is 0.303 e. The van der Waals surface area contributed by atoms with Crippen molar-refractivity contribution in [2.24, 2.45) is 0 Å². The third kappa shape index (κ3) is 3.85. The van der Waals surface area contributed by atoms with Crippen molar-refractivity contribution in [3.05, 3.63) is 29.0 Å². The predicted molar refractivity (Wildman–Crippen MR) is 88.9 cm³/mol. The molecule has 2 heterocycles. The fourth-order valence-electron chi connectivity index (χ4n) is 3.13. The van der Waals surface area contributed by atoms with Gasteiger partial charge in [0, 0.05) is 19.4 Å². The first-order chi connectivity index (χ1) is 11.1. The molecule has 6 heteroatoms. The van der Waals surface area contributed by atoms with Crippen LogP contribution in [0.15, 0.2) is 18.2 Å². The predicted octanol–water partition coefficient (Wildman–Crippen LogP) is 3.67. The lowest BCUT2D eigenvalue weighted by Crippen LogP contribution is -2.17. The molecule has 0 unspecified atom stereocenters. The molecule has 3 rings (SSSR count). The van der Waals surface area contributed by atoms with Crippen molar-refractivity contribution < 1.29 is 14.6 Å². The van der Waals surface area contributed by atoms with Gasteiger partial charge in [0.15, 0.2) is 0 Å². The van der Waals surface area contributed by atoms with E-state index in [1.165, 1.54) is 0 Å². The van der Waals surface area contributed by atoms with Crippen LogP contribution in [-0.2, 0) is 22.5 Å². The van der Waals surface area contributed by atoms with Crippen LogP contribution in [0.5, 0.6) is 0 Å². The van der Waals surface area contributed by atoms with Gasteiger partial charge in [0.2, 0.25) is 0 Å². The Kier molecular flexibility index (Phi) is 5.18. The van der Waals surface area contributed by atoms with E-state index in [-0.39, 0.29) is 12.5 Å². The maximum absolute atomic E-state index is 10.6. The minimum atomic E-state index is -0.749. The second-order valence-electron chi connectivity index (χ2n) is 5.98. The van der Waals surface area contributed by atoms with E-state index < -0.39 is 5.97 Å². The van der Waals surface area contributed by atoms with Gasteiger partial charge in [-0.25, -0.2) is 4.98 Å². The Bertz CT molecular complexity index is 692. The van der Waals surface area contributed by atoms with E-state index >= 15 is 0 Å². The van der Waals surface area contributed by atoms with Gasteiger partial charge in [-0.05, 0) is 37.8 Å². The van der Waals surface area contributed by atoms with Crippen LogP contribution in [0.4, 0.5) is 0 Å². The summed E-state index contributed by atoms with van der Waals surface area (Å²) in [7, 11) is 0. The second kappa shape index (κ2) is 7.32. The van der Waals surface area contributed by atoms with Gasteiger partial charge in [-0.2, -0.15) is 0 Å². The average molecular weight is 337 g/mol. The molecule has 1 N–H and O–H groups in total. The zero-order valence-electron chi connectivity index (χ0n) is 13.0. The number of halogens is 1. The SMILES string of the molecule is O=C(O)CCCCc1nc2cccc(Cl)c2n1C[C@@H]1CCCO1. The highest BCUT2D eigenvalue weighted by molar-refractivity contribution is 6.35. The van der Waals surface area contributed by atoms with Gasteiger partial charge in [-0.3, -0.25) is 4.79 Å². The second-order valence-corrected chi connectivity index (χ2v) is 6.39. The van der Waals surface area contributed by atoms with E-state index in [0.717, 1.165) is 55.7 Å². The number of carboxylic acids is 1. The maximum atomic E-state index is 10.6. The number of carbonyl (C=O) groups is 1. The molecule has 1 aliphatic heterocycles. The Morgan fingerprint density at radius 3 is 3.04 bits per heavy atom. The van der Waals surface area contributed by atoms with E-state index in [9.17, 15) is 4.79 Å². The van der Waals surface area contributed by atoms with E-state index in [0.29, 0.717) is 11.4 Å². The molecule has 0 aliphatic carbocycles. The molecule has 2 aromatic rings. The first kappa shape index (κ1) is 16.3. The van der Waals surface area contributed by atoms with Crippen LogP contribution < -0.4 is 0 Å². The summed E-state index contributed by atoms with van der Waals surface area (Å²) >= 11 is 6.38. The van der Waals surface area contributed by atoms with Gasteiger partial charge in [0.05, 0.1) is 28.7 Å². The molecule has 0 saturated carbocycles. The molecule has 1 aromatic heterocycles. The van der Waals surface area contributed by atoms with E-state index in [1.54, 1.807) is 0 Å². The van der Waals surface area contributed by atoms with Crippen molar-refractivity contribution >= 4 is 28.6 Å². The van der Waals surface area contributed by atoms with Crippen LogP contribution in [0.25, 0.3) is 11.0 Å². The summed E-state index contributed by atoms with van der Waals surface area (Å²) in [5.74, 6) is 0.217. The summed E-state index contributed by atoms with van der Waals surface area (Å²) in [6.07, 6.45) is 4.78. The molecule has 1 fully saturated rings. The molecule has 1 aromatic carbocycles. The number of ether oxygens (including phenoxy) is 1. The first-order valence-corrected chi connectivity index (χ1v) is 8.50. The molecule has 0 spiro atoms. The minimum absolute atomic E-state index is 0.201. The Morgan fingerprint density at radius 2 is 2.30 bits per heavy atom. The number of unbranched alkanes of at least 4 members (excludes halogenated alkanes) is 1. The van der Waals surface area contributed by atoms with Gasteiger partial charge in [0.1, 0.15) is 5.82 Å². The standard InChI is InChI=1S/C17H21ClN2O3/c18-13-6-3-7-14-17(13)20(11-12-5-4-10-23-12)15(19-14)8-1-2-9-16(21)22/h3,6-7,12H,1-2,4-5,8-11H2,(H,21,22)/t12-/m0/s1. The number of imidazole rings is 1. The Morgan fingerprint density at radius 1 is 1.43 bits per heavy atom. The fraction of sp³-hybridized carbons (Fsp3) is 0.529. The Hall–Kier alpha value is -1.59. The van der Waals surface area contributed by atoms with Crippen molar-refractivity contribution in [1.82, 2.24) is 9.55 Å². The summed E-state index contributed by atoms with van der Waals surface area (Å²) in [5, 5.41) is 9.45. The maximum Gasteiger partial charge on any atom is 0.303 e. The van der Waals surface area contributed by atoms with Gasteiger partial charge >= 0.3 is 5.97 Å². The van der Waals surface area contributed by atoms with Crippen molar-refractivity contribution in [3.8, 4) is 0 Å². The number of aryl methyl sites for hydroxylation is 1. The number of aliphatic carboxylic acids is 1. The van der Waals surface area contributed by atoms with Gasteiger partial charge in [0.25, 0.3) is 0 Å². The number of nitrogens with zero attached hydrogens (tertiary/aromatic N) is 2. The van der Waals surface area contributed by atoms with Crippen LogP contribution in [0.2, 0.25) is 5.02 Å².